The molecular weight excluding hydrogens is 336 g/mol. The molecule has 2 aliphatic heterocycles. The zero-order valence-corrected chi connectivity index (χ0v) is 15.8. The number of benzene rings is 1. The van der Waals surface area contributed by atoms with Gasteiger partial charge in [-0.25, -0.2) is 0 Å². The third-order valence-corrected chi connectivity index (χ3v) is 5.57. The van der Waals surface area contributed by atoms with Crippen molar-refractivity contribution in [2.75, 3.05) is 31.1 Å². The Hall–Kier alpha value is -2.40. The summed E-state index contributed by atoms with van der Waals surface area (Å²) < 4.78 is 0. The Kier molecular flexibility index (Phi) is 5.68. The monoisotopic (exact) mass is 364 g/mol. The molecule has 1 amide bonds. The van der Waals surface area contributed by atoms with Crippen LogP contribution >= 0.6 is 0 Å². The molecule has 2 fully saturated rings. The molecule has 4 rings (SSSR count). The first-order valence-corrected chi connectivity index (χ1v) is 10.0. The van der Waals surface area contributed by atoms with E-state index in [2.05, 4.69) is 38.3 Å². The van der Waals surface area contributed by atoms with E-state index in [-0.39, 0.29) is 11.9 Å². The smallest absolute Gasteiger partial charge is 0.251 e. The lowest BCUT2D eigenvalue weighted by molar-refractivity contribution is 0.0901. The van der Waals surface area contributed by atoms with Gasteiger partial charge in [-0.05, 0) is 68.1 Å². The molecule has 0 spiro atoms. The van der Waals surface area contributed by atoms with Gasteiger partial charge in [0.25, 0.3) is 5.91 Å². The fourth-order valence-corrected chi connectivity index (χ4v) is 4.13. The van der Waals surface area contributed by atoms with E-state index in [1.807, 2.05) is 24.4 Å². The van der Waals surface area contributed by atoms with Gasteiger partial charge < -0.3 is 10.2 Å². The molecule has 2 aromatic rings. The summed E-state index contributed by atoms with van der Waals surface area (Å²) in [5, 5.41) is 3.23. The standard InChI is InChI=1S/C22H28N4O/c27-22(19-7-9-21(10-8-19)26-13-1-2-14-26)24-20-6-4-12-25(17-20)16-18-5-3-11-23-15-18/h3,5,7-11,15,20H,1-2,4,6,12-14,16-17H2,(H,24,27)/t20-/m0/s1. The number of likely N-dealkylation sites (tertiary alicyclic amines) is 1. The topological polar surface area (TPSA) is 48.5 Å². The van der Waals surface area contributed by atoms with Crippen molar-refractivity contribution >= 4 is 11.6 Å². The molecule has 1 aromatic carbocycles. The molecule has 2 saturated heterocycles. The maximum Gasteiger partial charge on any atom is 0.251 e. The lowest BCUT2D eigenvalue weighted by Crippen LogP contribution is -2.47. The normalized spacial score (nSPS) is 20.6. The number of rotatable bonds is 5. The predicted molar refractivity (Wildman–Crippen MR) is 108 cm³/mol. The van der Waals surface area contributed by atoms with Gasteiger partial charge in [-0.2, -0.15) is 0 Å². The number of pyridine rings is 1. The average molecular weight is 364 g/mol. The molecule has 5 nitrogen and oxygen atoms in total. The van der Waals surface area contributed by atoms with Crippen molar-refractivity contribution in [3.8, 4) is 0 Å². The van der Waals surface area contributed by atoms with Crippen LogP contribution in [-0.4, -0.2) is 48.0 Å². The summed E-state index contributed by atoms with van der Waals surface area (Å²) in [5.41, 5.74) is 3.20. The van der Waals surface area contributed by atoms with Gasteiger partial charge in [0.2, 0.25) is 0 Å². The highest BCUT2D eigenvalue weighted by Gasteiger charge is 2.22. The quantitative estimate of drug-likeness (QED) is 0.886. The molecule has 1 atom stereocenters. The number of aromatic nitrogens is 1. The van der Waals surface area contributed by atoms with Gasteiger partial charge in [0.05, 0.1) is 0 Å². The minimum Gasteiger partial charge on any atom is -0.372 e. The summed E-state index contributed by atoms with van der Waals surface area (Å²) in [6.07, 6.45) is 8.40. The number of carbonyl (C=O) groups excluding carboxylic acids is 1. The summed E-state index contributed by atoms with van der Waals surface area (Å²) >= 11 is 0. The molecule has 5 heteroatoms. The summed E-state index contributed by atoms with van der Waals surface area (Å²) in [7, 11) is 0. The van der Waals surface area contributed by atoms with Gasteiger partial charge in [-0.1, -0.05) is 6.07 Å². The van der Waals surface area contributed by atoms with Crippen molar-refractivity contribution < 1.29 is 4.79 Å². The first kappa shape index (κ1) is 18.0. The highest BCUT2D eigenvalue weighted by Crippen LogP contribution is 2.21. The van der Waals surface area contributed by atoms with Crippen LogP contribution in [0.4, 0.5) is 5.69 Å². The summed E-state index contributed by atoms with van der Waals surface area (Å²) in [6.45, 7) is 5.11. The van der Waals surface area contributed by atoms with Crippen molar-refractivity contribution in [1.29, 1.82) is 0 Å². The molecule has 1 N–H and O–H groups in total. The van der Waals surface area contributed by atoms with Crippen molar-refractivity contribution in [3.63, 3.8) is 0 Å². The Labute approximate surface area is 161 Å². The van der Waals surface area contributed by atoms with Gasteiger partial charge >= 0.3 is 0 Å². The van der Waals surface area contributed by atoms with Crippen LogP contribution in [0.2, 0.25) is 0 Å². The number of amides is 1. The first-order chi connectivity index (χ1) is 13.3. The Balaban J connectivity index is 1.32. The molecule has 0 saturated carbocycles. The van der Waals surface area contributed by atoms with E-state index in [9.17, 15) is 4.79 Å². The minimum atomic E-state index is 0.0381. The third kappa shape index (κ3) is 4.66. The predicted octanol–water partition coefficient (Wildman–Crippen LogP) is 3.08. The van der Waals surface area contributed by atoms with E-state index >= 15 is 0 Å². The van der Waals surface area contributed by atoms with Crippen LogP contribution in [0.1, 0.15) is 41.6 Å². The highest BCUT2D eigenvalue weighted by atomic mass is 16.1. The molecule has 0 unspecified atom stereocenters. The van der Waals surface area contributed by atoms with Crippen LogP contribution in [0.25, 0.3) is 0 Å². The lowest BCUT2D eigenvalue weighted by Gasteiger charge is -2.33. The molecule has 3 heterocycles. The van der Waals surface area contributed by atoms with E-state index in [0.29, 0.717) is 0 Å². The van der Waals surface area contributed by atoms with Crippen LogP contribution in [0.3, 0.4) is 0 Å². The van der Waals surface area contributed by atoms with E-state index in [1.165, 1.54) is 24.1 Å². The molecule has 0 bridgehead atoms. The third-order valence-electron chi connectivity index (χ3n) is 5.57. The average Bonchev–Trinajstić information content (AvgIpc) is 3.24. The first-order valence-electron chi connectivity index (χ1n) is 10.0. The zero-order chi connectivity index (χ0) is 18.5. The molecule has 1 aromatic heterocycles. The number of anilines is 1. The SMILES string of the molecule is O=C(N[C@H]1CCCN(Cc2cccnc2)C1)c1ccc(N2CCCC2)cc1. The van der Waals surface area contributed by atoms with E-state index in [1.54, 1.807) is 6.20 Å². The number of nitrogens with one attached hydrogen (secondary N) is 1. The summed E-state index contributed by atoms with van der Waals surface area (Å²) in [6, 6.07) is 12.4. The fraction of sp³-hybridized carbons (Fsp3) is 0.455. The lowest BCUT2D eigenvalue weighted by atomic mass is 10.0. The molecule has 142 valence electrons. The number of nitrogens with zero attached hydrogens (tertiary/aromatic N) is 3. The van der Waals surface area contributed by atoms with Crippen LogP contribution < -0.4 is 10.2 Å². The Morgan fingerprint density at radius 2 is 1.89 bits per heavy atom. The second-order valence-electron chi connectivity index (χ2n) is 7.65. The van der Waals surface area contributed by atoms with Gasteiger partial charge in [0, 0.05) is 55.9 Å². The Morgan fingerprint density at radius 3 is 2.63 bits per heavy atom. The number of carbonyl (C=O) groups is 1. The van der Waals surface area contributed by atoms with Gasteiger partial charge in [-0.3, -0.25) is 14.7 Å². The van der Waals surface area contributed by atoms with Crippen LogP contribution in [-0.2, 0) is 6.54 Å². The van der Waals surface area contributed by atoms with E-state index < -0.39 is 0 Å². The van der Waals surface area contributed by atoms with Crippen LogP contribution in [0.5, 0.6) is 0 Å². The number of piperidine rings is 1. The zero-order valence-electron chi connectivity index (χ0n) is 15.8. The Morgan fingerprint density at radius 1 is 1.07 bits per heavy atom. The fourth-order valence-electron chi connectivity index (χ4n) is 4.13. The van der Waals surface area contributed by atoms with Crippen LogP contribution in [0, 0.1) is 0 Å². The van der Waals surface area contributed by atoms with Crippen LogP contribution in [0.15, 0.2) is 48.8 Å². The summed E-state index contributed by atoms with van der Waals surface area (Å²) in [5.74, 6) is 0.0381. The number of hydrogen-bond donors (Lipinski definition) is 1. The second-order valence-corrected chi connectivity index (χ2v) is 7.65. The second kappa shape index (κ2) is 8.53. The van der Waals surface area contributed by atoms with Crippen molar-refractivity contribution in [1.82, 2.24) is 15.2 Å². The van der Waals surface area contributed by atoms with Crippen molar-refractivity contribution in [3.05, 3.63) is 59.9 Å². The highest BCUT2D eigenvalue weighted by molar-refractivity contribution is 5.94. The van der Waals surface area contributed by atoms with Gasteiger partial charge in [0.1, 0.15) is 0 Å². The van der Waals surface area contributed by atoms with Gasteiger partial charge in [-0.15, -0.1) is 0 Å². The Bertz CT molecular complexity index is 741. The maximum atomic E-state index is 12.7. The number of hydrogen-bond acceptors (Lipinski definition) is 4. The largest absolute Gasteiger partial charge is 0.372 e. The van der Waals surface area contributed by atoms with Gasteiger partial charge in [0.15, 0.2) is 0 Å². The molecular formula is C22H28N4O. The maximum absolute atomic E-state index is 12.7. The molecule has 2 aliphatic rings. The molecule has 0 aliphatic carbocycles. The van der Waals surface area contributed by atoms with E-state index in [4.69, 9.17) is 0 Å². The molecule has 0 radical (unpaired) electrons. The summed E-state index contributed by atoms with van der Waals surface area (Å²) in [4.78, 5) is 21.6. The molecule has 27 heavy (non-hydrogen) atoms. The van der Waals surface area contributed by atoms with Crippen molar-refractivity contribution in [2.24, 2.45) is 0 Å². The van der Waals surface area contributed by atoms with Crippen molar-refractivity contribution in [2.45, 2.75) is 38.3 Å². The van der Waals surface area contributed by atoms with E-state index in [0.717, 1.165) is 51.1 Å². The minimum absolute atomic E-state index is 0.0381.